The van der Waals surface area contributed by atoms with Crippen molar-refractivity contribution in [1.29, 1.82) is 0 Å². The Balaban J connectivity index is 1.75. The molecule has 0 aromatic heterocycles. The van der Waals surface area contributed by atoms with E-state index in [2.05, 4.69) is 26.6 Å². The van der Waals surface area contributed by atoms with Crippen molar-refractivity contribution in [2.24, 2.45) is 5.92 Å². The number of carbonyl (C=O) groups excluding carboxylic acids is 7. The predicted molar refractivity (Wildman–Crippen MR) is 226 cm³/mol. The summed E-state index contributed by atoms with van der Waals surface area (Å²) in [6, 6.07) is 9.11. The van der Waals surface area contributed by atoms with Gasteiger partial charge in [0.2, 0.25) is 29.5 Å². The summed E-state index contributed by atoms with van der Waals surface area (Å²) in [6.07, 6.45) is -1.15. The fourth-order valence-corrected chi connectivity index (χ4v) is 6.58. The van der Waals surface area contributed by atoms with Crippen LogP contribution in [-0.4, -0.2) is 117 Å². The molecular weight excluding hydrogens is 789 g/mol. The molecule has 1 fully saturated rings. The van der Waals surface area contributed by atoms with E-state index in [1.54, 1.807) is 84.0 Å². The summed E-state index contributed by atoms with van der Waals surface area (Å²) >= 11 is 0. The van der Waals surface area contributed by atoms with E-state index < -0.39 is 95.7 Å². The average molecular weight is 853 g/mol. The Kier molecular flexibility index (Phi) is 18.1. The normalized spacial score (nSPS) is 16.6. The van der Waals surface area contributed by atoms with Gasteiger partial charge in [-0.05, 0) is 96.9 Å². The molecule has 7 N–H and O–H groups in total. The van der Waals surface area contributed by atoms with Crippen LogP contribution in [0.3, 0.4) is 0 Å². The Hall–Kier alpha value is -5.71. The van der Waals surface area contributed by atoms with Crippen molar-refractivity contribution in [1.82, 2.24) is 31.5 Å². The molecule has 1 aliphatic rings. The minimum Gasteiger partial charge on any atom is -0.508 e. The Bertz CT molecular complexity index is 1820. The predicted octanol–water partition coefficient (Wildman–Crippen LogP) is 2.40. The second kappa shape index (κ2) is 22.2. The average Bonchev–Trinajstić information content (AvgIpc) is 3.64. The van der Waals surface area contributed by atoms with Crippen LogP contribution in [0.25, 0.3) is 0 Å². The number of alkyl carbamates (subject to hydrolysis) is 1. The number of aliphatic hydroxyl groups is 1. The number of phenols is 1. The molecule has 3 rings (SSSR count). The van der Waals surface area contributed by atoms with Crippen LogP contribution < -0.4 is 26.6 Å². The lowest BCUT2D eigenvalue weighted by Crippen LogP contribution is -2.59. The fraction of sp³-hybridized carbons (Fsp3) is 0.568. The Morgan fingerprint density at radius 1 is 0.738 bits per heavy atom. The summed E-state index contributed by atoms with van der Waals surface area (Å²) in [6.45, 7) is 14.7. The lowest BCUT2D eigenvalue weighted by Gasteiger charge is -2.30. The number of amides is 6. The van der Waals surface area contributed by atoms with Gasteiger partial charge in [0.15, 0.2) is 6.04 Å². The highest BCUT2D eigenvalue weighted by Gasteiger charge is 2.39. The molecule has 6 atom stereocenters. The molecule has 0 unspecified atom stereocenters. The number of ether oxygens (including phenoxy) is 2. The second-order valence-corrected chi connectivity index (χ2v) is 17.7. The third kappa shape index (κ3) is 17.1. The molecule has 0 saturated carbocycles. The van der Waals surface area contributed by atoms with E-state index in [4.69, 9.17) is 9.47 Å². The lowest BCUT2D eigenvalue weighted by molar-refractivity contribution is -0.161. The maximum atomic E-state index is 14.0. The van der Waals surface area contributed by atoms with Crippen LogP contribution in [-0.2, 0) is 51.1 Å². The quantitative estimate of drug-likeness (QED) is 0.108. The maximum Gasteiger partial charge on any atom is 0.408 e. The van der Waals surface area contributed by atoms with Crippen LogP contribution in [0.15, 0.2) is 54.6 Å². The molecule has 2 aromatic rings. The van der Waals surface area contributed by atoms with Crippen LogP contribution in [0.5, 0.6) is 5.75 Å². The minimum absolute atomic E-state index is 0.0224. The van der Waals surface area contributed by atoms with E-state index in [0.29, 0.717) is 24.0 Å². The Labute approximate surface area is 358 Å². The molecule has 2 aromatic carbocycles. The number of rotatable bonds is 18. The molecule has 61 heavy (non-hydrogen) atoms. The summed E-state index contributed by atoms with van der Waals surface area (Å²) < 4.78 is 10.8. The van der Waals surface area contributed by atoms with Gasteiger partial charge < -0.3 is 51.2 Å². The van der Waals surface area contributed by atoms with Crippen LogP contribution in [0.2, 0.25) is 0 Å². The van der Waals surface area contributed by atoms with E-state index in [1.807, 2.05) is 13.8 Å². The van der Waals surface area contributed by atoms with Gasteiger partial charge in [-0.2, -0.15) is 0 Å². The smallest absolute Gasteiger partial charge is 0.408 e. The number of hydrogen-bond acceptors (Lipinski definition) is 11. The van der Waals surface area contributed by atoms with Gasteiger partial charge in [-0.25, -0.2) is 9.59 Å². The van der Waals surface area contributed by atoms with Crippen molar-refractivity contribution in [2.75, 3.05) is 13.1 Å². The first-order valence-electron chi connectivity index (χ1n) is 20.6. The van der Waals surface area contributed by atoms with Crippen LogP contribution in [0, 0.1) is 5.92 Å². The molecule has 336 valence electrons. The first-order valence-corrected chi connectivity index (χ1v) is 20.6. The minimum atomic E-state index is -1.42. The van der Waals surface area contributed by atoms with E-state index >= 15 is 0 Å². The van der Waals surface area contributed by atoms with Crippen molar-refractivity contribution in [3.63, 3.8) is 0 Å². The van der Waals surface area contributed by atoms with E-state index in [1.165, 1.54) is 24.0 Å². The van der Waals surface area contributed by atoms with Crippen molar-refractivity contribution < 1.29 is 53.2 Å². The molecule has 1 saturated heterocycles. The first-order chi connectivity index (χ1) is 28.4. The van der Waals surface area contributed by atoms with Gasteiger partial charge in [-0.1, -0.05) is 56.3 Å². The number of esters is 1. The number of hydrogen-bond donors (Lipinski definition) is 7. The second-order valence-electron chi connectivity index (χ2n) is 17.7. The Morgan fingerprint density at radius 3 is 1.89 bits per heavy atom. The number of nitrogens with one attached hydrogen (secondary N) is 5. The molecule has 0 bridgehead atoms. The number of nitrogens with zero attached hydrogens (tertiary/aromatic N) is 1. The molecule has 1 heterocycles. The lowest BCUT2D eigenvalue weighted by atomic mass is 10.0. The van der Waals surface area contributed by atoms with Gasteiger partial charge in [0.1, 0.15) is 41.1 Å². The summed E-state index contributed by atoms with van der Waals surface area (Å²) in [5.74, 6) is -4.24. The molecule has 0 radical (unpaired) electrons. The maximum absolute atomic E-state index is 14.0. The summed E-state index contributed by atoms with van der Waals surface area (Å²) in [7, 11) is 0. The van der Waals surface area contributed by atoms with Crippen molar-refractivity contribution in [3.8, 4) is 5.75 Å². The number of aliphatic hydroxyl groups excluding tert-OH is 1. The molecule has 0 spiro atoms. The van der Waals surface area contributed by atoms with E-state index in [-0.39, 0.29) is 37.5 Å². The Morgan fingerprint density at radius 2 is 1.31 bits per heavy atom. The number of benzene rings is 2. The van der Waals surface area contributed by atoms with E-state index in [9.17, 15) is 43.8 Å². The SMILES string of the molecule is CC(C)C[C@H](NC(=O)[C@H](Cc1ccccc1)NC(=O)CNC(=O)[C@@H]1CCCN1C(=O)[C@H](Cc1ccc(O)cc1)NC(=O)OC(C)(C)C)C(=O)N[C@H](C(=O)OC(C)(C)C)[C@@H](C)O. The van der Waals surface area contributed by atoms with E-state index in [0.717, 1.165) is 0 Å². The zero-order valence-corrected chi connectivity index (χ0v) is 36.7. The number of aromatic hydroxyl groups is 1. The zero-order valence-electron chi connectivity index (χ0n) is 36.7. The summed E-state index contributed by atoms with van der Waals surface area (Å²) in [5.41, 5.74) is -0.406. The van der Waals surface area contributed by atoms with Gasteiger partial charge in [0.05, 0.1) is 12.6 Å². The van der Waals surface area contributed by atoms with Gasteiger partial charge in [0.25, 0.3) is 0 Å². The van der Waals surface area contributed by atoms with Crippen LogP contribution in [0.4, 0.5) is 4.79 Å². The molecular formula is C44H64N6O11. The molecule has 1 aliphatic heterocycles. The monoisotopic (exact) mass is 852 g/mol. The molecule has 17 heteroatoms. The van der Waals surface area contributed by atoms with Crippen molar-refractivity contribution in [2.45, 2.75) is 142 Å². The largest absolute Gasteiger partial charge is 0.508 e. The van der Waals surface area contributed by atoms with Crippen molar-refractivity contribution in [3.05, 3.63) is 65.7 Å². The highest BCUT2D eigenvalue weighted by atomic mass is 16.6. The number of phenolic OH excluding ortho intramolecular Hbond substituents is 1. The van der Waals surface area contributed by atoms with Gasteiger partial charge in [-0.15, -0.1) is 0 Å². The fourth-order valence-electron chi connectivity index (χ4n) is 6.58. The molecule has 0 aliphatic carbocycles. The van der Waals surface area contributed by atoms with Gasteiger partial charge in [0, 0.05) is 19.4 Å². The summed E-state index contributed by atoms with van der Waals surface area (Å²) in [4.78, 5) is 95.5. The number of likely N-dealkylation sites (tertiary alicyclic amines) is 1. The number of carbonyl (C=O) groups is 7. The van der Waals surface area contributed by atoms with Gasteiger partial charge >= 0.3 is 12.1 Å². The van der Waals surface area contributed by atoms with Gasteiger partial charge in [-0.3, -0.25) is 24.0 Å². The highest BCUT2D eigenvalue weighted by molar-refractivity contribution is 5.96. The third-order valence-electron chi connectivity index (χ3n) is 9.34. The van der Waals surface area contributed by atoms with Crippen LogP contribution in [0.1, 0.15) is 92.7 Å². The molecule has 6 amide bonds. The highest BCUT2D eigenvalue weighted by Crippen LogP contribution is 2.21. The third-order valence-corrected chi connectivity index (χ3v) is 9.34. The first kappa shape index (κ1) is 49.7. The van der Waals surface area contributed by atoms with Crippen LogP contribution >= 0.6 is 0 Å². The summed E-state index contributed by atoms with van der Waals surface area (Å²) in [5, 5.41) is 33.2. The molecule has 17 nitrogen and oxygen atoms in total. The topological polar surface area (TPSA) is 242 Å². The zero-order chi connectivity index (χ0) is 45.7. The van der Waals surface area contributed by atoms with Crippen molar-refractivity contribution >= 4 is 41.6 Å². The standard InChI is InChI=1S/C44H64N6O11/c1-26(2)22-31(38(55)49-36(27(3)51)41(58)60-43(4,5)6)47-37(54)32(23-28-14-11-10-12-15-28)46-35(53)25-45-39(56)34-16-13-21-50(34)40(57)33(48-42(59)61-44(7,8)9)24-29-17-19-30(52)20-18-29/h10-12,14-15,17-20,26-27,31-34,36,51-52H,13,16,21-25H2,1-9H3,(H,45,56)(H,46,53)(H,47,54)(H,48,59)(H,49,55)/t27-,31+,32+,33+,34+,36+/m1/s1.